The zero-order chi connectivity index (χ0) is 12.5. The quantitative estimate of drug-likeness (QED) is 0.746. The number of hydrogen-bond donors (Lipinski definition) is 1. The number of alkyl halides is 3. The molecule has 90 valence electrons. The first kappa shape index (κ1) is 11.7. The number of benzene rings is 1. The summed E-state index contributed by atoms with van der Waals surface area (Å²) in [6.07, 6.45) is 0.171. The highest BCUT2D eigenvalue weighted by Crippen LogP contribution is 2.36. The number of hydrogen-bond acceptors (Lipinski definition) is 1. The van der Waals surface area contributed by atoms with Crippen LogP contribution in [0.15, 0.2) is 36.6 Å². The first-order valence-corrected chi connectivity index (χ1v) is 4.96. The standard InChI is InChI=1S/C12H9F4N/c13-9-1-2-10(8-3-5-17-6-4-8)11(7-9)12(14,15)16/h1-5,7,17H,6H2. The zero-order valence-electron chi connectivity index (χ0n) is 8.68. The highest BCUT2D eigenvalue weighted by Gasteiger charge is 2.34. The van der Waals surface area contributed by atoms with Crippen molar-refractivity contribution in [2.75, 3.05) is 6.54 Å². The maximum atomic E-state index is 12.9. The van der Waals surface area contributed by atoms with E-state index in [1.54, 1.807) is 12.3 Å². The number of allylic oxidation sites excluding steroid dienone is 2. The summed E-state index contributed by atoms with van der Waals surface area (Å²) in [5.74, 6) is -0.889. The largest absolute Gasteiger partial charge is 0.417 e. The summed E-state index contributed by atoms with van der Waals surface area (Å²) in [5, 5.41) is 2.84. The van der Waals surface area contributed by atoms with E-state index in [4.69, 9.17) is 0 Å². The molecule has 0 saturated heterocycles. The zero-order valence-corrected chi connectivity index (χ0v) is 8.68. The number of dihydropyridines is 1. The lowest BCUT2D eigenvalue weighted by atomic mass is 9.98. The average Bonchev–Trinajstić information content (AvgIpc) is 2.29. The third-order valence-corrected chi connectivity index (χ3v) is 2.42. The molecule has 0 bridgehead atoms. The second-order valence-corrected chi connectivity index (χ2v) is 3.59. The van der Waals surface area contributed by atoms with E-state index in [0.717, 1.165) is 12.1 Å². The average molecular weight is 243 g/mol. The van der Waals surface area contributed by atoms with E-state index in [9.17, 15) is 17.6 Å². The van der Waals surface area contributed by atoms with Gasteiger partial charge in [0.2, 0.25) is 0 Å². The van der Waals surface area contributed by atoms with Crippen LogP contribution in [0.2, 0.25) is 0 Å². The van der Waals surface area contributed by atoms with Gasteiger partial charge in [-0.25, -0.2) is 4.39 Å². The molecule has 0 amide bonds. The molecule has 0 fully saturated rings. The molecule has 1 nitrogen and oxygen atoms in total. The van der Waals surface area contributed by atoms with Crippen molar-refractivity contribution in [3.8, 4) is 0 Å². The molecule has 0 saturated carbocycles. The molecule has 1 N–H and O–H groups in total. The third kappa shape index (κ3) is 2.49. The summed E-state index contributed by atoms with van der Waals surface area (Å²) in [5.41, 5.74) is -0.511. The van der Waals surface area contributed by atoms with Crippen molar-refractivity contribution in [3.63, 3.8) is 0 Å². The van der Waals surface area contributed by atoms with Crippen molar-refractivity contribution in [2.45, 2.75) is 6.18 Å². The van der Waals surface area contributed by atoms with E-state index in [2.05, 4.69) is 5.32 Å². The summed E-state index contributed by atoms with van der Waals surface area (Å²) in [6, 6.07) is 2.70. The van der Waals surface area contributed by atoms with E-state index in [0.29, 0.717) is 18.2 Å². The predicted molar refractivity (Wildman–Crippen MR) is 56.5 cm³/mol. The number of rotatable bonds is 1. The molecular formula is C12H9F4N. The van der Waals surface area contributed by atoms with Crippen molar-refractivity contribution in [3.05, 3.63) is 53.5 Å². The molecule has 5 heteroatoms. The normalized spacial score (nSPS) is 15.4. The van der Waals surface area contributed by atoms with Gasteiger partial charge < -0.3 is 5.32 Å². The molecule has 17 heavy (non-hydrogen) atoms. The molecule has 0 aromatic heterocycles. The fraction of sp³-hybridized carbons (Fsp3) is 0.167. The Hall–Kier alpha value is -1.78. The highest BCUT2D eigenvalue weighted by molar-refractivity contribution is 5.77. The van der Waals surface area contributed by atoms with Gasteiger partial charge in [-0.3, -0.25) is 0 Å². The first-order valence-electron chi connectivity index (χ1n) is 4.96. The van der Waals surface area contributed by atoms with Gasteiger partial charge in [0.15, 0.2) is 0 Å². The van der Waals surface area contributed by atoms with Crippen LogP contribution >= 0.6 is 0 Å². The van der Waals surface area contributed by atoms with E-state index >= 15 is 0 Å². The Morgan fingerprint density at radius 3 is 2.53 bits per heavy atom. The molecule has 0 unspecified atom stereocenters. The Kier molecular flexibility index (Phi) is 2.92. The number of nitrogens with one attached hydrogen (secondary N) is 1. The summed E-state index contributed by atoms with van der Waals surface area (Å²) in [6.45, 7) is 0.459. The third-order valence-electron chi connectivity index (χ3n) is 2.42. The molecule has 1 heterocycles. The van der Waals surface area contributed by atoms with Crippen LogP contribution in [0.5, 0.6) is 0 Å². The molecule has 1 aromatic carbocycles. The van der Waals surface area contributed by atoms with E-state index in [-0.39, 0.29) is 5.56 Å². The maximum Gasteiger partial charge on any atom is 0.417 e. The van der Waals surface area contributed by atoms with Crippen molar-refractivity contribution < 1.29 is 17.6 Å². The Morgan fingerprint density at radius 2 is 1.94 bits per heavy atom. The van der Waals surface area contributed by atoms with E-state index < -0.39 is 17.6 Å². The van der Waals surface area contributed by atoms with Gasteiger partial charge in [-0.05, 0) is 35.5 Å². The monoisotopic (exact) mass is 243 g/mol. The van der Waals surface area contributed by atoms with Gasteiger partial charge >= 0.3 is 6.18 Å². The van der Waals surface area contributed by atoms with Crippen molar-refractivity contribution in [1.82, 2.24) is 5.32 Å². The van der Waals surface area contributed by atoms with Gasteiger partial charge in [-0.2, -0.15) is 13.2 Å². The van der Waals surface area contributed by atoms with Crippen LogP contribution in [0.1, 0.15) is 11.1 Å². The van der Waals surface area contributed by atoms with Gasteiger partial charge in [0.1, 0.15) is 5.82 Å². The van der Waals surface area contributed by atoms with Gasteiger partial charge in [0, 0.05) is 6.54 Å². The van der Waals surface area contributed by atoms with Gasteiger partial charge in [-0.15, -0.1) is 0 Å². The fourth-order valence-corrected chi connectivity index (χ4v) is 1.66. The summed E-state index contributed by atoms with van der Waals surface area (Å²) in [4.78, 5) is 0. The predicted octanol–water partition coefficient (Wildman–Crippen LogP) is 3.34. The minimum Gasteiger partial charge on any atom is -0.387 e. The van der Waals surface area contributed by atoms with Crippen LogP contribution in [0.3, 0.4) is 0 Å². The highest BCUT2D eigenvalue weighted by atomic mass is 19.4. The molecular weight excluding hydrogens is 234 g/mol. The van der Waals surface area contributed by atoms with Crippen LogP contribution in [-0.2, 0) is 6.18 Å². The van der Waals surface area contributed by atoms with Crippen LogP contribution in [0.4, 0.5) is 17.6 Å². The maximum absolute atomic E-state index is 12.9. The second kappa shape index (κ2) is 4.24. The van der Waals surface area contributed by atoms with Crippen molar-refractivity contribution in [2.24, 2.45) is 0 Å². The molecule has 1 aliphatic rings. The Morgan fingerprint density at radius 1 is 1.18 bits per heavy atom. The minimum atomic E-state index is -4.56. The molecule has 0 aliphatic carbocycles. The van der Waals surface area contributed by atoms with Crippen molar-refractivity contribution in [1.29, 1.82) is 0 Å². The lowest BCUT2D eigenvalue weighted by Crippen LogP contribution is -2.12. The summed E-state index contributed by atoms with van der Waals surface area (Å²) >= 11 is 0. The SMILES string of the molecule is Fc1ccc(C2=CCNC=C2)c(C(F)(F)F)c1. The molecule has 0 atom stereocenters. The second-order valence-electron chi connectivity index (χ2n) is 3.59. The van der Waals surface area contributed by atoms with Gasteiger partial charge in [-0.1, -0.05) is 12.1 Å². The van der Waals surface area contributed by atoms with Crippen LogP contribution < -0.4 is 5.32 Å². The van der Waals surface area contributed by atoms with Crippen molar-refractivity contribution >= 4 is 5.57 Å². The Bertz CT molecular complexity index is 486. The summed E-state index contributed by atoms with van der Waals surface area (Å²) in [7, 11) is 0. The number of halogens is 4. The van der Waals surface area contributed by atoms with Crippen LogP contribution in [0, 0.1) is 5.82 Å². The minimum absolute atomic E-state index is 0.00310. The molecule has 1 aromatic rings. The fourth-order valence-electron chi connectivity index (χ4n) is 1.66. The molecule has 2 rings (SSSR count). The molecule has 0 spiro atoms. The topological polar surface area (TPSA) is 12.0 Å². The first-order chi connectivity index (χ1) is 7.98. The van der Waals surface area contributed by atoms with Gasteiger partial charge in [0.05, 0.1) is 5.56 Å². The summed E-state index contributed by atoms with van der Waals surface area (Å²) < 4.78 is 51.1. The van der Waals surface area contributed by atoms with E-state index in [1.165, 1.54) is 6.08 Å². The van der Waals surface area contributed by atoms with Gasteiger partial charge in [0.25, 0.3) is 0 Å². The molecule has 0 radical (unpaired) electrons. The van der Waals surface area contributed by atoms with E-state index in [1.807, 2.05) is 0 Å². The lowest BCUT2D eigenvalue weighted by Gasteiger charge is -2.15. The molecule has 1 aliphatic heterocycles. The Labute approximate surface area is 95.4 Å². The smallest absolute Gasteiger partial charge is 0.387 e. The van der Waals surface area contributed by atoms with Crippen LogP contribution in [0.25, 0.3) is 5.57 Å². The van der Waals surface area contributed by atoms with Crippen LogP contribution in [-0.4, -0.2) is 6.54 Å². The lowest BCUT2D eigenvalue weighted by molar-refractivity contribution is -0.137. The Balaban J connectivity index is 2.54.